The Morgan fingerprint density at radius 3 is 2.11 bits per heavy atom. The number of amides is 1. The summed E-state index contributed by atoms with van der Waals surface area (Å²) < 4.78 is 27.4. The van der Waals surface area contributed by atoms with Crippen molar-refractivity contribution in [3.05, 3.63) is 29.8 Å². The number of piperazine rings is 1. The van der Waals surface area contributed by atoms with Gasteiger partial charge in [0.05, 0.1) is 4.90 Å². The van der Waals surface area contributed by atoms with E-state index in [4.69, 9.17) is 0 Å². The number of hydrogen-bond acceptors (Lipinski definition) is 5. The molecule has 2 aliphatic rings. The molecule has 1 aromatic carbocycles. The largest absolute Gasteiger partial charge is 0.304 e. The fraction of sp³-hybridized carbons (Fsp3) is 0.632. The Labute approximate surface area is 162 Å². The summed E-state index contributed by atoms with van der Waals surface area (Å²) in [4.78, 5) is 14.9. The van der Waals surface area contributed by atoms with E-state index in [0.717, 1.165) is 32.6 Å². The van der Waals surface area contributed by atoms with Gasteiger partial charge in [0.15, 0.2) is 0 Å². The SMILES string of the molecule is C[C@H]1C[C@H](C)CN(S(=O)(=O)c2ccc(C(=O)NN3CCN(C)CC3)cc2)C1. The summed E-state index contributed by atoms with van der Waals surface area (Å²) in [5.74, 6) is 0.512. The van der Waals surface area contributed by atoms with Crippen LogP contribution in [0.1, 0.15) is 30.6 Å². The number of nitrogens with one attached hydrogen (secondary N) is 1. The van der Waals surface area contributed by atoms with Gasteiger partial charge in [-0.05, 0) is 49.6 Å². The molecule has 27 heavy (non-hydrogen) atoms. The van der Waals surface area contributed by atoms with Crippen LogP contribution < -0.4 is 5.43 Å². The first-order valence-corrected chi connectivity index (χ1v) is 11.0. The zero-order valence-electron chi connectivity index (χ0n) is 16.4. The van der Waals surface area contributed by atoms with Gasteiger partial charge in [-0.1, -0.05) is 13.8 Å². The summed E-state index contributed by atoms with van der Waals surface area (Å²) in [6.07, 6.45) is 1.05. The van der Waals surface area contributed by atoms with Gasteiger partial charge in [-0.25, -0.2) is 13.4 Å². The third kappa shape index (κ3) is 4.87. The number of carbonyl (C=O) groups is 1. The van der Waals surface area contributed by atoms with Gasteiger partial charge in [-0.2, -0.15) is 4.31 Å². The first-order valence-electron chi connectivity index (χ1n) is 9.60. The molecule has 150 valence electrons. The van der Waals surface area contributed by atoms with Gasteiger partial charge in [0.1, 0.15) is 0 Å². The summed E-state index contributed by atoms with van der Waals surface area (Å²) >= 11 is 0. The zero-order valence-corrected chi connectivity index (χ0v) is 17.2. The van der Waals surface area contributed by atoms with E-state index in [1.807, 2.05) is 5.01 Å². The Morgan fingerprint density at radius 1 is 1.00 bits per heavy atom. The number of hydrazine groups is 1. The first kappa shape index (κ1) is 20.3. The second-order valence-electron chi connectivity index (χ2n) is 8.02. The lowest BCUT2D eigenvalue weighted by atomic mass is 9.94. The fourth-order valence-corrected chi connectivity index (χ4v) is 5.54. The summed E-state index contributed by atoms with van der Waals surface area (Å²) in [6, 6.07) is 6.26. The first-order chi connectivity index (χ1) is 12.8. The van der Waals surface area contributed by atoms with E-state index < -0.39 is 10.0 Å². The fourth-order valence-electron chi connectivity index (χ4n) is 3.86. The molecule has 0 bridgehead atoms. The lowest BCUT2D eigenvalue weighted by Crippen LogP contribution is -2.52. The van der Waals surface area contributed by atoms with Crippen molar-refractivity contribution in [2.45, 2.75) is 25.2 Å². The molecule has 0 radical (unpaired) electrons. The van der Waals surface area contributed by atoms with E-state index in [1.54, 1.807) is 16.4 Å². The van der Waals surface area contributed by atoms with E-state index >= 15 is 0 Å². The Kier molecular flexibility index (Phi) is 6.20. The maximum absolute atomic E-state index is 12.9. The van der Waals surface area contributed by atoms with Crippen LogP contribution in [0.5, 0.6) is 0 Å². The van der Waals surface area contributed by atoms with Crippen molar-refractivity contribution in [2.75, 3.05) is 46.3 Å². The molecule has 1 aromatic rings. The molecule has 2 fully saturated rings. The molecule has 0 aromatic heterocycles. The van der Waals surface area contributed by atoms with Crippen molar-refractivity contribution in [2.24, 2.45) is 11.8 Å². The second kappa shape index (κ2) is 8.26. The molecule has 7 nitrogen and oxygen atoms in total. The van der Waals surface area contributed by atoms with Crippen molar-refractivity contribution in [3.63, 3.8) is 0 Å². The third-order valence-corrected chi connectivity index (χ3v) is 7.20. The Balaban J connectivity index is 1.66. The monoisotopic (exact) mass is 394 g/mol. The Hall–Kier alpha value is -1.48. The highest BCUT2D eigenvalue weighted by atomic mass is 32.2. The van der Waals surface area contributed by atoms with Crippen LogP contribution in [0, 0.1) is 11.8 Å². The molecule has 0 spiro atoms. The van der Waals surface area contributed by atoms with Crippen LogP contribution >= 0.6 is 0 Å². The summed E-state index contributed by atoms with van der Waals surface area (Å²) in [7, 11) is -1.46. The molecule has 3 rings (SSSR count). The minimum atomic E-state index is -3.52. The van der Waals surface area contributed by atoms with Crippen molar-refractivity contribution in [3.8, 4) is 0 Å². The van der Waals surface area contributed by atoms with Gasteiger partial charge in [0, 0.05) is 44.8 Å². The van der Waals surface area contributed by atoms with Gasteiger partial charge < -0.3 is 4.90 Å². The van der Waals surface area contributed by atoms with Gasteiger partial charge in [0.25, 0.3) is 5.91 Å². The summed E-state index contributed by atoms with van der Waals surface area (Å²) in [6.45, 7) is 8.65. The molecule has 1 N–H and O–H groups in total. The molecule has 0 aliphatic carbocycles. The van der Waals surface area contributed by atoms with Crippen molar-refractivity contribution in [1.82, 2.24) is 19.6 Å². The number of hydrogen-bond donors (Lipinski definition) is 1. The Morgan fingerprint density at radius 2 is 1.56 bits per heavy atom. The number of sulfonamides is 1. The number of benzene rings is 1. The highest BCUT2D eigenvalue weighted by molar-refractivity contribution is 7.89. The normalized spacial score (nSPS) is 26.0. The van der Waals surface area contributed by atoms with Gasteiger partial charge >= 0.3 is 0 Å². The van der Waals surface area contributed by atoms with Gasteiger partial charge in [0.2, 0.25) is 10.0 Å². The maximum Gasteiger partial charge on any atom is 0.265 e. The van der Waals surface area contributed by atoms with Crippen LogP contribution in [0.2, 0.25) is 0 Å². The van der Waals surface area contributed by atoms with Gasteiger partial charge in [-0.3, -0.25) is 10.2 Å². The molecule has 2 aliphatic heterocycles. The van der Waals surface area contributed by atoms with Crippen LogP contribution in [0.3, 0.4) is 0 Å². The maximum atomic E-state index is 12.9. The van der Waals surface area contributed by atoms with Crippen molar-refractivity contribution >= 4 is 15.9 Å². The van der Waals surface area contributed by atoms with Crippen molar-refractivity contribution < 1.29 is 13.2 Å². The Bertz CT molecular complexity index is 748. The topological polar surface area (TPSA) is 73.0 Å². The average molecular weight is 395 g/mol. The van der Waals surface area contributed by atoms with Crippen LogP contribution in [-0.2, 0) is 10.0 Å². The average Bonchev–Trinajstić information content (AvgIpc) is 2.63. The van der Waals surface area contributed by atoms with Crippen LogP contribution in [0.4, 0.5) is 0 Å². The lowest BCUT2D eigenvalue weighted by molar-refractivity contribution is 0.0662. The minimum absolute atomic E-state index is 0.205. The van der Waals surface area contributed by atoms with Crippen molar-refractivity contribution in [1.29, 1.82) is 0 Å². The number of likely N-dealkylation sites (N-methyl/N-ethyl adjacent to an activating group) is 1. The summed E-state index contributed by atoms with van der Waals surface area (Å²) in [5.41, 5.74) is 3.36. The lowest BCUT2D eigenvalue weighted by Gasteiger charge is -2.34. The molecule has 2 atom stereocenters. The molecule has 2 heterocycles. The highest BCUT2D eigenvalue weighted by Gasteiger charge is 2.31. The molecule has 2 saturated heterocycles. The summed E-state index contributed by atoms with van der Waals surface area (Å²) in [5, 5.41) is 1.91. The molecule has 0 saturated carbocycles. The highest BCUT2D eigenvalue weighted by Crippen LogP contribution is 2.26. The quantitative estimate of drug-likeness (QED) is 0.832. The van der Waals surface area contributed by atoms with Gasteiger partial charge in [-0.15, -0.1) is 0 Å². The van der Waals surface area contributed by atoms with Crippen LogP contribution in [0.15, 0.2) is 29.2 Å². The van der Waals surface area contributed by atoms with E-state index in [-0.39, 0.29) is 10.8 Å². The number of nitrogens with zero attached hydrogens (tertiary/aromatic N) is 3. The molecular weight excluding hydrogens is 364 g/mol. The smallest absolute Gasteiger partial charge is 0.265 e. The molecule has 1 amide bonds. The van der Waals surface area contributed by atoms with E-state index in [2.05, 4.69) is 31.2 Å². The predicted octanol–water partition coefficient (Wildman–Crippen LogP) is 1.25. The van der Waals surface area contributed by atoms with E-state index in [9.17, 15) is 13.2 Å². The number of carbonyl (C=O) groups excluding carboxylic acids is 1. The molecule has 8 heteroatoms. The minimum Gasteiger partial charge on any atom is -0.304 e. The van der Waals surface area contributed by atoms with E-state index in [1.165, 1.54) is 12.1 Å². The van der Waals surface area contributed by atoms with E-state index in [0.29, 0.717) is 30.5 Å². The van der Waals surface area contributed by atoms with Crippen LogP contribution in [-0.4, -0.2) is 74.9 Å². The third-order valence-electron chi connectivity index (χ3n) is 5.35. The zero-order chi connectivity index (χ0) is 19.6. The predicted molar refractivity (Wildman–Crippen MR) is 105 cm³/mol. The standard InChI is InChI=1S/C19H30N4O3S/c1-15-12-16(2)14-23(13-15)27(25,26)18-6-4-17(5-7-18)19(24)20-22-10-8-21(3)9-11-22/h4-7,15-16H,8-14H2,1-3H3,(H,20,24)/t15-,16-/m0/s1. The number of rotatable bonds is 4. The second-order valence-corrected chi connectivity index (χ2v) is 9.96. The van der Waals surface area contributed by atoms with Crippen LogP contribution in [0.25, 0.3) is 0 Å². The molecular formula is C19H30N4O3S. The number of piperidine rings is 1. The molecule has 0 unspecified atom stereocenters.